The number of benzene rings is 2. The standard InChI is InChI=1S/C25H22N4O2/c1-13-6-9-21-18(5-4-10-29(21)30)22(13)19-11-17(23-14(2)28-31-15(23)3)12-20-24(19)27-25(26-20)16-7-8-16/h4-6,9-12,16,30H,7-8H2,1-3H3. The van der Waals surface area contributed by atoms with Gasteiger partial charge in [-0.2, -0.15) is 0 Å². The van der Waals surface area contributed by atoms with Crippen LogP contribution in [0, 0.1) is 37.1 Å². The SMILES string of the molecule is Cc1noc(C)c1-c1cc2c(c(=c3c(C)ccc4c3=CC=CN4O)c1)=NC(C1CC1)=N2. The van der Waals surface area contributed by atoms with E-state index in [1.165, 1.54) is 5.06 Å². The highest BCUT2D eigenvalue weighted by atomic mass is 16.5. The summed E-state index contributed by atoms with van der Waals surface area (Å²) in [5, 5.41) is 19.6. The number of nitrogens with zero attached hydrogens (tertiary/aromatic N) is 4. The normalized spacial score (nSPS) is 17.7. The Labute approximate surface area is 178 Å². The molecule has 3 aliphatic rings. The average Bonchev–Trinajstić information content (AvgIpc) is 3.42. The van der Waals surface area contributed by atoms with E-state index in [1.807, 2.05) is 38.1 Å². The van der Waals surface area contributed by atoms with E-state index in [2.05, 4.69) is 24.2 Å². The van der Waals surface area contributed by atoms with Crippen LogP contribution in [0.4, 0.5) is 11.4 Å². The van der Waals surface area contributed by atoms with E-state index < -0.39 is 0 Å². The van der Waals surface area contributed by atoms with E-state index in [9.17, 15) is 5.21 Å². The van der Waals surface area contributed by atoms with E-state index in [1.54, 1.807) is 6.20 Å². The fraction of sp³-hybridized carbons (Fsp3) is 0.240. The number of aromatic nitrogens is 1. The minimum atomic E-state index is 0.468. The molecule has 6 rings (SSSR count). The molecule has 0 saturated heterocycles. The van der Waals surface area contributed by atoms with Crippen LogP contribution in [0.5, 0.6) is 0 Å². The van der Waals surface area contributed by atoms with E-state index in [0.717, 1.165) is 79.2 Å². The Bertz CT molecular complexity index is 1520. The average molecular weight is 410 g/mol. The zero-order chi connectivity index (χ0) is 21.3. The first-order chi connectivity index (χ1) is 15.0. The van der Waals surface area contributed by atoms with Crippen molar-refractivity contribution in [2.24, 2.45) is 15.9 Å². The highest BCUT2D eigenvalue weighted by molar-refractivity contribution is 5.92. The van der Waals surface area contributed by atoms with Gasteiger partial charge in [0.2, 0.25) is 0 Å². The molecule has 1 N–H and O–H groups in total. The lowest BCUT2D eigenvalue weighted by atomic mass is 9.99. The van der Waals surface area contributed by atoms with Crippen molar-refractivity contribution < 1.29 is 9.73 Å². The quantitative estimate of drug-likeness (QED) is 0.689. The summed E-state index contributed by atoms with van der Waals surface area (Å²) in [6, 6.07) is 8.24. The summed E-state index contributed by atoms with van der Waals surface area (Å²) >= 11 is 0. The van der Waals surface area contributed by atoms with Crippen LogP contribution in [0.2, 0.25) is 0 Å². The van der Waals surface area contributed by atoms with Crippen LogP contribution in [0.15, 0.2) is 51.0 Å². The molecule has 3 aromatic rings. The summed E-state index contributed by atoms with van der Waals surface area (Å²) in [7, 11) is 0. The van der Waals surface area contributed by atoms with Gasteiger partial charge >= 0.3 is 0 Å². The Balaban J connectivity index is 1.81. The van der Waals surface area contributed by atoms with Gasteiger partial charge in [0.1, 0.15) is 11.6 Å². The fourth-order valence-corrected chi connectivity index (χ4v) is 4.58. The third-order valence-electron chi connectivity index (χ3n) is 6.25. The Kier molecular flexibility index (Phi) is 3.83. The molecule has 1 saturated carbocycles. The molecular formula is C25H22N4O2. The molecular weight excluding hydrogens is 388 g/mol. The third-order valence-corrected chi connectivity index (χ3v) is 6.25. The lowest BCUT2D eigenvalue weighted by Gasteiger charge is -2.16. The monoisotopic (exact) mass is 410 g/mol. The lowest BCUT2D eigenvalue weighted by Crippen LogP contribution is -2.24. The minimum absolute atomic E-state index is 0.468. The maximum absolute atomic E-state index is 10.4. The van der Waals surface area contributed by atoms with E-state index >= 15 is 0 Å². The molecule has 154 valence electrons. The predicted molar refractivity (Wildman–Crippen MR) is 119 cm³/mol. The summed E-state index contributed by atoms with van der Waals surface area (Å²) in [5.41, 5.74) is 5.62. The Hall–Kier alpha value is -3.51. The molecule has 3 heterocycles. The molecule has 6 nitrogen and oxygen atoms in total. The van der Waals surface area contributed by atoms with Gasteiger partial charge < -0.3 is 4.52 Å². The van der Waals surface area contributed by atoms with Crippen molar-refractivity contribution in [2.45, 2.75) is 33.6 Å². The van der Waals surface area contributed by atoms with Crippen molar-refractivity contribution >= 4 is 23.3 Å². The predicted octanol–water partition coefficient (Wildman–Crippen LogP) is 4.13. The molecule has 0 amide bonds. The molecule has 0 spiro atoms. The zero-order valence-corrected chi connectivity index (χ0v) is 17.7. The van der Waals surface area contributed by atoms with Crippen molar-refractivity contribution in [3.63, 3.8) is 0 Å². The van der Waals surface area contributed by atoms with Gasteiger partial charge in [0.15, 0.2) is 0 Å². The van der Waals surface area contributed by atoms with Gasteiger partial charge in [-0.25, -0.2) is 15.0 Å². The fourth-order valence-electron chi connectivity index (χ4n) is 4.58. The zero-order valence-electron chi connectivity index (χ0n) is 17.7. The second-order valence-electron chi connectivity index (χ2n) is 8.49. The van der Waals surface area contributed by atoms with Crippen molar-refractivity contribution in [3.8, 4) is 11.1 Å². The number of hydroxylamine groups is 1. The van der Waals surface area contributed by atoms with Gasteiger partial charge in [-0.1, -0.05) is 17.3 Å². The highest BCUT2D eigenvalue weighted by Crippen LogP contribution is 2.35. The van der Waals surface area contributed by atoms with Crippen LogP contribution in [0.3, 0.4) is 0 Å². The van der Waals surface area contributed by atoms with E-state index in [-0.39, 0.29) is 0 Å². The molecule has 0 bridgehead atoms. The van der Waals surface area contributed by atoms with Crippen LogP contribution >= 0.6 is 0 Å². The molecule has 0 unspecified atom stereocenters. The minimum Gasteiger partial charge on any atom is -0.361 e. The van der Waals surface area contributed by atoms with Crippen molar-refractivity contribution in [1.29, 1.82) is 0 Å². The first-order valence-corrected chi connectivity index (χ1v) is 10.6. The van der Waals surface area contributed by atoms with Crippen LogP contribution < -0.4 is 15.6 Å². The lowest BCUT2D eigenvalue weighted by molar-refractivity contribution is 0.294. The summed E-state index contributed by atoms with van der Waals surface area (Å²) in [4.78, 5) is 9.87. The Morgan fingerprint density at radius 3 is 2.68 bits per heavy atom. The van der Waals surface area contributed by atoms with Crippen LogP contribution in [0.25, 0.3) is 17.2 Å². The molecule has 2 aliphatic heterocycles. The smallest absolute Gasteiger partial charge is 0.141 e. The molecule has 2 aromatic carbocycles. The highest BCUT2D eigenvalue weighted by Gasteiger charge is 2.30. The van der Waals surface area contributed by atoms with Gasteiger partial charge in [0.05, 0.1) is 22.4 Å². The van der Waals surface area contributed by atoms with Crippen LogP contribution in [-0.4, -0.2) is 16.2 Å². The maximum atomic E-state index is 10.4. The van der Waals surface area contributed by atoms with Crippen LogP contribution in [-0.2, 0) is 0 Å². The van der Waals surface area contributed by atoms with Crippen LogP contribution in [0.1, 0.15) is 29.9 Å². The van der Waals surface area contributed by atoms with Gasteiger partial charge in [0.25, 0.3) is 0 Å². The number of fused-ring (bicyclic) bond motifs is 2. The van der Waals surface area contributed by atoms with E-state index in [4.69, 9.17) is 14.5 Å². The second kappa shape index (κ2) is 6.49. The van der Waals surface area contributed by atoms with Crippen molar-refractivity contribution in [1.82, 2.24) is 5.16 Å². The molecule has 1 fully saturated rings. The molecule has 1 aliphatic carbocycles. The molecule has 6 heteroatoms. The number of allylic oxidation sites excluding steroid dienone is 1. The molecule has 1 aromatic heterocycles. The number of aryl methyl sites for hydroxylation is 3. The largest absolute Gasteiger partial charge is 0.361 e. The summed E-state index contributed by atoms with van der Waals surface area (Å²) in [6.45, 7) is 5.99. The van der Waals surface area contributed by atoms with Gasteiger partial charge in [-0.15, -0.1) is 0 Å². The van der Waals surface area contributed by atoms with Crippen molar-refractivity contribution in [3.05, 3.63) is 74.6 Å². The second-order valence-corrected chi connectivity index (χ2v) is 8.49. The summed E-state index contributed by atoms with van der Waals surface area (Å²) in [6.07, 6.45) is 7.84. The third kappa shape index (κ3) is 2.79. The van der Waals surface area contributed by atoms with E-state index in [0.29, 0.717) is 5.92 Å². The molecule has 0 radical (unpaired) electrons. The summed E-state index contributed by atoms with van der Waals surface area (Å²) in [5.74, 6) is 2.19. The number of rotatable bonds is 2. The number of aliphatic imine (C=N–C) groups is 1. The van der Waals surface area contributed by atoms with Gasteiger partial charge in [-0.3, -0.25) is 5.21 Å². The topological polar surface area (TPSA) is 74.2 Å². The van der Waals surface area contributed by atoms with Gasteiger partial charge in [-0.05, 0) is 74.2 Å². The molecule has 31 heavy (non-hydrogen) atoms. The number of anilines is 1. The summed E-state index contributed by atoms with van der Waals surface area (Å²) < 4.78 is 5.45. The number of hydrogen-bond acceptors (Lipinski definition) is 6. The van der Waals surface area contributed by atoms with Gasteiger partial charge in [0, 0.05) is 28.1 Å². The maximum Gasteiger partial charge on any atom is 0.141 e. The Morgan fingerprint density at radius 1 is 1.10 bits per heavy atom. The molecule has 0 atom stereocenters. The first-order valence-electron chi connectivity index (χ1n) is 10.6. The number of amidine groups is 1. The van der Waals surface area contributed by atoms with Crippen molar-refractivity contribution in [2.75, 3.05) is 5.06 Å². The number of hydrogen-bond donors (Lipinski definition) is 1. The Morgan fingerprint density at radius 2 is 1.94 bits per heavy atom. The first kappa shape index (κ1) is 18.3.